The summed E-state index contributed by atoms with van der Waals surface area (Å²) >= 11 is 0. The fourth-order valence-electron chi connectivity index (χ4n) is 1.43. The lowest BCUT2D eigenvalue weighted by Crippen LogP contribution is -1.96. The average Bonchev–Trinajstić information content (AvgIpc) is 2.48. The molecule has 1 aromatic heterocycles. The Morgan fingerprint density at radius 3 is 2.92 bits per heavy atom. The summed E-state index contributed by atoms with van der Waals surface area (Å²) in [5, 5.41) is 9.57. The summed E-state index contributed by atoms with van der Waals surface area (Å²) in [5.74, 6) is -0.921. The molecule has 0 amide bonds. The van der Waals surface area contributed by atoms with Gasteiger partial charge in [-0.15, -0.1) is 0 Å². The number of carboxylic acids is 1. The van der Waals surface area contributed by atoms with Gasteiger partial charge < -0.3 is 9.52 Å². The Labute approximate surface area is 74.6 Å². The van der Waals surface area contributed by atoms with Gasteiger partial charge in [0.1, 0.15) is 5.58 Å². The normalized spacial score (nSPS) is 10.5. The van der Waals surface area contributed by atoms with Gasteiger partial charge in [0.25, 0.3) is 0 Å². The second kappa shape index (κ2) is 2.62. The molecule has 66 valence electrons. The van der Waals surface area contributed by atoms with Crippen LogP contribution in [0.15, 0.2) is 28.9 Å². The smallest absolute Gasteiger partial charge is 0.336 e. The lowest BCUT2D eigenvalue weighted by atomic mass is 10.1. The van der Waals surface area contributed by atoms with Crippen molar-refractivity contribution in [2.75, 3.05) is 0 Å². The molecular formula is C10H8O3. The molecule has 2 aromatic rings. The van der Waals surface area contributed by atoms with Gasteiger partial charge in [-0.05, 0) is 24.6 Å². The lowest BCUT2D eigenvalue weighted by Gasteiger charge is -1.96. The highest BCUT2D eigenvalue weighted by molar-refractivity contribution is 6.03. The number of hydrogen-bond acceptors (Lipinski definition) is 2. The molecule has 1 N–H and O–H groups in total. The van der Waals surface area contributed by atoms with E-state index < -0.39 is 5.97 Å². The molecule has 0 aliphatic carbocycles. The van der Waals surface area contributed by atoms with Gasteiger partial charge in [0, 0.05) is 5.39 Å². The summed E-state index contributed by atoms with van der Waals surface area (Å²) in [5.41, 5.74) is 1.77. The molecule has 13 heavy (non-hydrogen) atoms. The van der Waals surface area contributed by atoms with E-state index in [9.17, 15) is 4.79 Å². The summed E-state index contributed by atoms with van der Waals surface area (Å²) in [4.78, 5) is 10.8. The predicted octanol–water partition coefficient (Wildman–Crippen LogP) is 2.44. The van der Waals surface area contributed by atoms with Crippen LogP contribution in [-0.4, -0.2) is 11.1 Å². The number of carbonyl (C=O) groups is 1. The van der Waals surface area contributed by atoms with Gasteiger partial charge in [-0.2, -0.15) is 0 Å². The minimum absolute atomic E-state index is 0.295. The Hall–Kier alpha value is -1.77. The first-order valence-electron chi connectivity index (χ1n) is 3.90. The average molecular weight is 176 g/mol. The molecule has 3 nitrogen and oxygen atoms in total. The van der Waals surface area contributed by atoms with Crippen molar-refractivity contribution < 1.29 is 14.3 Å². The van der Waals surface area contributed by atoms with Crippen LogP contribution in [-0.2, 0) is 0 Å². The van der Waals surface area contributed by atoms with Crippen molar-refractivity contribution in [3.8, 4) is 0 Å². The van der Waals surface area contributed by atoms with E-state index in [4.69, 9.17) is 9.52 Å². The quantitative estimate of drug-likeness (QED) is 0.725. The van der Waals surface area contributed by atoms with Crippen LogP contribution in [0.25, 0.3) is 11.0 Å². The number of hydrogen-bond donors (Lipinski definition) is 1. The molecule has 0 saturated heterocycles. The molecule has 0 aliphatic heterocycles. The van der Waals surface area contributed by atoms with Crippen molar-refractivity contribution in [1.29, 1.82) is 0 Å². The number of benzene rings is 1. The summed E-state index contributed by atoms with van der Waals surface area (Å²) in [6.45, 7) is 1.83. The number of aromatic carboxylic acids is 1. The summed E-state index contributed by atoms with van der Waals surface area (Å²) < 4.78 is 5.18. The fraction of sp³-hybridized carbons (Fsp3) is 0.100. The number of rotatable bonds is 1. The van der Waals surface area contributed by atoms with Crippen molar-refractivity contribution in [2.45, 2.75) is 6.92 Å². The molecule has 0 aliphatic rings. The van der Waals surface area contributed by atoms with Crippen molar-refractivity contribution in [3.05, 3.63) is 35.6 Å². The second-order valence-electron chi connectivity index (χ2n) is 2.90. The molecule has 0 fully saturated rings. The minimum Gasteiger partial charge on any atom is -0.478 e. The van der Waals surface area contributed by atoms with Crippen LogP contribution in [0.4, 0.5) is 0 Å². The van der Waals surface area contributed by atoms with Gasteiger partial charge >= 0.3 is 5.97 Å². The van der Waals surface area contributed by atoms with Gasteiger partial charge in [0.2, 0.25) is 0 Å². The number of carboxylic acid groups (broad SMARTS) is 1. The van der Waals surface area contributed by atoms with E-state index in [1.54, 1.807) is 24.5 Å². The van der Waals surface area contributed by atoms with Gasteiger partial charge in [-0.1, -0.05) is 6.07 Å². The van der Waals surface area contributed by atoms with Gasteiger partial charge in [-0.25, -0.2) is 4.79 Å². The fourth-order valence-corrected chi connectivity index (χ4v) is 1.43. The largest absolute Gasteiger partial charge is 0.478 e. The Kier molecular flexibility index (Phi) is 1.59. The van der Waals surface area contributed by atoms with Crippen LogP contribution in [0.5, 0.6) is 0 Å². The predicted molar refractivity (Wildman–Crippen MR) is 47.9 cm³/mol. The molecular weight excluding hydrogens is 168 g/mol. The Morgan fingerprint density at radius 2 is 2.23 bits per heavy atom. The molecule has 0 unspecified atom stereocenters. The van der Waals surface area contributed by atoms with E-state index in [1.807, 2.05) is 6.92 Å². The highest BCUT2D eigenvalue weighted by atomic mass is 16.4. The molecule has 0 saturated carbocycles. The first-order chi connectivity index (χ1) is 6.20. The summed E-state index contributed by atoms with van der Waals surface area (Å²) in [6.07, 6.45) is 1.57. The van der Waals surface area contributed by atoms with Crippen molar-refractivity contribution in [3.63, 3.8) is 0 Å². The zero-order valence-electron chi connectivity index (χ0n) is 7.07. The van der Waals surface area contributed by atoms with Gasteiger partial charge in [-0.3, -0.25) is 0 Å². The van der Waals surface area contributed by atoms with Gasteiger partial charge in [0.15, 0.2) is 0 Å². The number of furan rings is 1. The zero-order chi connectivity index (χ0) is 9.42. The highest BCUT2D eigenvalue weighted by Gasteiger charge is 2.11. The van der Waals surface area contributed by atoms with E-state index in [0.717, 1.165) is 5.56 Å². The van der Waals surface area contributed by atoms with Crippen molar-refractivity contribution in [1.82, 2.24) is 0 Å². The van der Waals surface area contributed by atoms with Crippen LogP contribution < -0.4 is 0 Å². The highest BCUT2D eigenvalue weighted by Crippen LogP contribution is 2.24. The Balaban J connectivity index is 2.88. The topological polar surface area (TPSA) is 50.4 Å². The standard InChI is InChI=1S/C10H8O3/c1-6-5-13-8-4-2-3-7(9(6)8)10(11)12/h2-5H,1H3,(H,11,12). The molecule has 0 atom stereocenters. The van der Waals surface area contributed by atoms with Crippen LogP contribution in [0.2, 0.25) is 0 Å². The third kappa shape index (κ3) is 1.09. The van der Waals surface area contributed by atoms with Crippen LogP contribution >= 0.6 is 0 Å². The van der Waals surface area contributed by atoms with Crippen molar-refractivity contribution in [2.24, 2.45) is 0 Å². The van der Waals surface area contributed by atoms with E-state index >= 15 is 0 Å². The molecule has 0 spiro atoms. The maximum absolute atomic E-state index is 10.8. The molecule has 1 aromatic carbocycles. The summed E-state index contributed by atoms with van der Waals surface area (Å²) in [6, 6.07) is 5.01. The van der Waals surface area contributed by atoms with Crippen molar-refractivity contribution >= 4 is 16.9 Å². The number of aryl methyl sites for hydroxylation is 1. The second-order valence-corrected chi connectivity index (χ2v) is 2.90. The number of fused-ring (bicyclic) bond motifs is 1. The first kappa shape index (κ1) is 7.86. The first-order valence-corrected chi connectivity index (χ1v) is 3.90. The molecule has 2 rings (SSSR count). The van der Waals surface area contributed by atoms with E-state index in [-0.39, 0.29) is 0 Å². The van der Waals surface area contributed by atoms with Crippen LogP contribution in [0.1, 0.15) is 15.9 Å². The third-order valence-electron chi connectivity index (χ3n) is 2.01. The van der Waals surface area contributed by atoms with E-state index in [0.29, 0.717) is 16.5 Å². The Bertz CT molecular complexity index is 468. The molecule has 1 heterocycles. The third-order valence-corrected chi connectivity index (χ3v) is 2.01. The summed E-state index contributed by atoms with van der Waals surface area (Å²) in [7, 11) is 0. The van der Waals surface area contributed by atoms with Crippen LogP contribution in [0, 0.1) is 6.92 Å². The molecule has 3 heteroatoms. The maximum Gasteiger partial charge on any atom is 0.336 e. The van der Waals surface area contributed by atoms with E-state index in [2.05, 4.69) is 0 Å². The SMILES string of the molecule is Cc1coc2cccc(C(=O)O)c12. The van der Waals surface area contributed by atoms with E-state index in [1.165, 1.54) is 0 Å². The van der Waals surface area contributed by atoms with Crippen LogP contribution in [0.3, 0.4) is 0 Å². The zero-order valence-corrected chi connectivity index (χ0v) is 7.07. The minimum atomic E-state index is -0.921. The molecule has 0 radical (unpaired) electrons. The van der Waals surface area contributed by atoms with Gasteiger partial charge in [0.05, 0.1) is 11.8 Å². The molecule has 0 bridgehead atoms. The maximum atomic E-state index is 10.8. The lowest BCUT2D eigenvalue weighted by molar-refractivity contribution is 0.0699. The Morgan fingerprint density at radius 1 is 1.46 bits per heavy atom. The monoisotopic (exact) mass is 176 g/mol.